The standard InChI is InChI=1S/C16H23NO5/c1-21-14-9-7-13(8-10-14)12-22-15(11-18)5-3-2-4-6-16(19)17-20/h7-11,15,20H,2-6,12H2,1H3,(H,17,19). The van der Waals surface area contributed by atoms with Gasteiger partial charge in [0.15, 0.2) is 0 Å². The number of hydroxylamine groups is 1. The van der Waals surface area contributed by atoms with Gasteiger partial charge in [-0.15, -0.1) is 0 Å². The van der Waals surface area contributed by atoms with Gasteiger partial charge in [-0.05, 0) is 30.5 Å². The second-order valence-electron chi connectivity index (χ2n) is 4.97. The number of hydrogen-bond acceptors (Lipinski definition) is 5. The molecule has 2 N–H and O–H groups in total. The molecule has 1 amide bonds. The lowest BCUT2D eigenvalue weighted by molar-refractivity contribution is -0.129. The van der Waals surface area contributed by atoms with Gasteiger partial charge in [0.2, 0.25) is 5.91 Å². The molecular weight excluding hydrogens is 286 g/mol. The third-order valence-electron chi connectivity index (χ3n) is 3.29. The van der Waals surface area contributed by atoms with E-state index in [0.29, 0.717) is 19.4 Å². The number of nitrogens with one attached hydrogen (secondary N) is 1. The fourth-order valence-electron chi connectivity index (χ4n) is 1.98. The zero-order valence-electron chi connectivity index (χ0n) is 12.8. The first-order chi connectivity index (χ1) is 10.7. The van der Waals surface area contributed by atoms with Crippen LogP contribution in [0.3, 0.4) is 0 Å². The molecule has 0 heterocycles. The second kappa shape index (κ2) is 10.8. The van der Waals surface area contributed by atoms with Crippen LogP contribution in [0.2, 0.25) is 0 Å². The molecule has 0 aliphatic carbocycles. The van der Waals surface area contributed by atoms with Crippen molar-refractivity contribution in [2.75, 3.05) is 7.11 Å². The first-order valence-corrected chi connectivity index (χ1v) is 7.32. The highest BCUT2D eigenvalue weighted by atomic mass is 16.5. The Kier molecular flexibility index (Phi) is 8.86. The lowest BCUT2D eigenvalue weighted by atomic mass is 10.1. The van der Waals surface area contributed by atoms with Crippen LogP contribution >= 0.6 is 0 Å². The van der Waals surface area contributed by atoms with Gasteiger partial charge in [-0.1, -0.05) is 25.0 Å². The van der Waals surface area contributed by atoms with Gasteiger partial charge in [-0.25, -0.2) is 5.48 Å². The summed E-state index contributed by atoms with van der Waals surface area (Å²) in [5.41, 5.74) is 2.57. The Hall–Kier alpha value is -1.92. The van der Waals surface area contributed by atoms with E-state index in [1.807, 2.05) is 24.3 Å². The summed E-state index contributed by atoms with van der Waals surface area (Å²) in [4.78, 5) is 21.8. The molecule has 0 aliphatic heterocycles. The summed E-state index contributed by atoms with van der Waals surface area (Å²) >= 11 is 0. The zero-order chi connectivity index (χ0) is 16.2. The van der Waals surface area contributed by atoms with Gasteiger partial charge in [0.1, 0.15) is 18.1 Å². The van der Waals surface area contributed by atoms with E-state index in [0.717, 1.165) is 30.4 Å². The van der Waals surface area contributed by atoms with E-state index in [4.69, 9.17) is 14.7 Å². The molecule has 1 aromatic rings. The largest absolute Gasteiger partial charge is 0.497 e. The number of ether oxygens (including phenoxy) is 2. The average Bonchev–Trinajstić information content (AvgIpc) is 2.57. The molecule has 22 heavy (non-hydrogen) atoms. The molecule has 1 atom stereocenters. The zero-order valence-corrected chi connectivity index (χ0v) is 12.8. The Bertz CT molecular complexity index is 446. The SMILES string of the molecule is COc1ccc(COC(C=O)CCCCCC(=O)NO)cc1. The Labute approximate surface area is 130 Å². The highest BCUT2D eigenvalue weighted by molar-refractivity contribution is 5.74. The number of unbranched alkanes of at least 4 members (excludes halogenated alkanes) is 2. The summed E-state index contributed by atoms with van der Waals surface area (Å²) in [6.07, 6.45) is 3.57. The van der Waals surface area contributed by atoms with E-state index in [9.17, 15) is 9.59 Å². The van der Waals surface area contributed by atoms with Crippen LogP contribution < -0.4 is 10.2 Å². The molecule has 1 rings (SSSR count). The van der Waals surface area contributed by atoms with Crippen molar-refractivity contribution in [2.24, 2.45) is 0 Å². The maximum absolute atomic E-state index is 11.0. The monoisotopic (exact) mass is 309 g/mol. The number of aldehydes is 1. The number of amides is 1. The van der Waals surface area contributed by atoms with Gasteiger partial charge in [0.05, 0.1) is 13.7 Å². The molecule has 122 valence electrons. The Morgan fingerprint density at radius 3 is 2.59 bits per heavy atom. The summed E-state index contributed by atoms with van der Waals surface area (Å²) in [6.45, 7) is 0.375. The number of rotatable bonds is 11. The van der Waals surface area contributed by atoms with Crippen LogP contribution in [0.5, 0.6) is 5.75 Å². The summed E-state index contributed by atoms with van der Waals surface area (Å²) in [5.74, 6) is 0.394. The molecular formula is C16H23NO5. The number of hydrogen-bond donors (Lipinski definition) is 2. The van der Waals surface area contributed by atoms with Crippen LogP contribution in [-0.4, -0.2) is 30.6 Å². The third kappa shape index (κ3) is 7.19. The predicted octanol–water partition coefficient (Wildman–Crippen LogP) is 2.24. The second-order valence-corrected chi connectivity index (χ2v) is 4.97. The van der Waals surface area contributed by atoms with Crippen LogP contribution in [-0.2, 0) is 20.9 Å². The fourth-order valence-corrected chi connectivity index (χ4v) is 1.98. The molecule has 0 saturated carbocycles. The number of carbonyl (C=O) groups is 2. The normalized spacial score (nSPS) is 11.7. The number of carbonyl (C=O) groups excluding carboxylic acids is 2. The van der Waals surface area contributed by atoms with E-state index in [1.54, 1.807) is 12.6 Å². The van der Waals surface area contributed by atoms with Crippen molar-refractivity contribution in [2.45, 2.75) is 44.8 Å². The molecule has 0 aliphatic rings. The Balaban J connectivity index is 2.21. The van der Waals surface area contributed by atoms with Crippen LogP contribution in [0.1, 0.15) is 37.7 Å². The molecule has 1 unspecified atom stereocenters. The van der Waals surface area contributed by atoms with E-state index in [1.165, 1.54) is 0 Å². The molecule has 0 radical (unpaired) electrons. The summed E-state index contributed by atoms with van der Waals surface area (Å²) in [7, 11) is 1.61. The number of benzene rings is 1. The molecule has 0 bridgehead atoms. The van der Waals surface area contributed by atoms with Crippen molar-refractivity contribution < 1.29 is 24.3 Å². The van der Waals surface area contributed by atoms with Crippen LogP contribution in [0.25, 0.3) is 0 Å². The molecule has 0 fully saturated rings. The first kappa shape index (κ1) is 18.1. The van der Waals surface area contributed by atoms with Gasteiger partial charge < -0.3 is 14.3 Å². The minimum atomic E-state index is -0.436. The minimum Gasteiger partial charge on any atom is -0.497 e. The van der Waals surface area contributed by atoms with Crippen LogP contribution in [0.15, 0.2) is 24.3 Å². The molecule has 0 spiro atoms. The molecule has 6 nitrogen and oxygen atoms in total. The summed E-state index contributed by atoms with van der Waals surface area (Å²) < 4.78 is 10.6. The van der Waals surface area contributed by atoms with Gasteiger partial charge in [-0.2, -0.15) is 0 Å². The lowest BCUT2D eigenvalue weighted by Crippen LogP contribution is -2.18. The van der Waals surface area contributed by atoms with Crippen molar-refractivity contribution in [1.29, 1.82) is 0 Å². The minimum absolute atomic E-state index is 0.287. The van der Waals surface area contributed by atoms with Gasteiger partial charge in [-0.3, -0.25) is 10.0 Å². The van der Waals surface area contributed by atoms with Crippen molar-refractivity contribution in [3.8, 4) is 5.75 Å². The highest BCUT2D eigenvalue weighted by Gasteiger charge is 2.08. The maximum Gasteiger partial charge on any atom is 0.243 e. The highest BCUT2D eigenvalue weighted by Crippen LogP contribution is 2.14. The first-order valence-electron chi connectivity index (χ1n) is 7.32. The molecule has 0 aromatic heterocycles. The predicted molar refractivity (Wildman–Crippen MR) is 80.6 cm³/mol. The Morgan fingerprint density at radius 1 is 1.27 bits per heavy atom. The van der Waals surface area contributed by atoms with E-state index in [2.05, 4.69) is 0 Å². The van der Waals surface area contributed by atoms with Gasteiger partial charge >= 0.3 is 0 Å². The van der Waals surface area contributed by atoms with Gasteiger partial charge in [0, 0.05) is 6.42 Å². The third-order valence-corrected chi connectivity index (χ3v) is 3.29. The van der Waals surface area contributed by atoms with E-state index in [-0.39, 0.29) is 12.3 Å². The number of methoxy groups -OCH3 is 1. The topological polar surface area (TPSA) is 84.9 Å². The van der Waals surface area contributed by atoms with E-state index < -0.39 is 6.10 Å². The fraction of sp³-hybridized carbons (Fsp3) is 0.500. The van der Waals surface area contributed by atoms with E-state index >= 15 is 0 Å². The van der Waals surface area contributed by atoms with Crippen molar-refractivity contribution in [3.05, 3.63) is 29.8 Å². The van der Waals surface area contributed by atoms with Crippen LogP contribution in [0, 0.1) is 0 Å². The molecule has 1 aromatic carbocycles. The summed E-state index contributed by atoms with van der Waals surface area (Å²) in [5, 5.41) is 8.36. The van der Waals surface area contributed by atoms with Crippen LogP contribution in [0.4, 0.5) is 0 Å². The smallest absolute Gasteiger partial charge is 0.243 e. The van der Waals surface area contributed by atoms with Crippen molar-refractivity contribution in [3.63, 3.8) is 0 Å². The van der Waals surface area contributed by atoms with Crippen molar-refractivity contribution in [1.82, 2.24) is 5.48 Å². The lowest BCUT2D eigenvalue weighted by Gasteiger charge is -2.12. The molecule has 6 heteroatoms. The van der Waals surface area contributed by atoms with Crippen molar-refractivity contribution >= 4 is 12.2 Å². The average molecular weight is 309 g/mol. The summed E-state index contributed by atoms with van der Waals surface area (Å²) in [6, 6.07) is 7.49. The quantitative estimate of drug-likeness (QED) is 0.283. The Morgan fingerprint density at radius 2 is 2.00 bits per heavy atom. The van der Waals surface area contributed by atoms with Gasteiger partial charge in [0.25, 0.3) is 0 Å². The maximum atomic E-state index is 11.0. The molecule has 0 saturated heterocycles.